The molecule has 0 aliphatic rings. The maximum Gasteiger partial charge on any atom is 0.292 e. The quantitative estimate of drug-likeness (QED) is 0.511. The molecular weight excluding hydrogens is 364 g/mol. The zero-order valence-electron chi connectivity index (χ0n) is 17.3. The van der Waals surface area contributed by atoms with Gasteiger partial charge < -0.3 is 0 Å². The number of carbonyl (C=O) groups is 1. The van der Waals surface area contributed by atoms with Gasteiger partial charge in [0.2, 0.25) is 0 Å². The Labute approximate surface area is 170 Å². The highest BCUT2D eigenvalue weighted by molar-refractivity contribution is 6.06. The number of rotatable bonds is 6. The van der Waals surface area contributed by atoms with E-state index in [4.69, 9.17) is 0 Å². The number of nitrogens with zero attached hydrogens (tertiary/aromatic N) is 3. The van der Waals surface area contributed by atoms with Gasteiger partial charge in [0.25, 0.3) is 11.5 Å². The molecule has 150 valence electrons. The lowest BCUT2D eigenvalue weighted by Crippen LogP contribution is -2.29. The van der Waals surface area contributed by atoms with Gasteiger partial charge in [-0.25, -0.2) is 10.1 Å². The van der Waals surface area contributed by atoms with Crippen LogP contribution in [0.4, 0.5) is 0 Å². The van der Waals surface area contributed by atoms with E-state index < -0.39 is 5.91 Å². The number of aromatic nitrogens is 2. The van der Waals surface area contributed by atoms with E-state index in [1.165, 1.54) is 15.8 Å². The summed E-state index contributed by atoms with van der Waals surface area (Å²) < 4.78 is 1.38. The van der Waals surface area contributed by atoms with Gasteiger partial charge in [-0.2, -0.15) is 10.2 Å². The Bertz CT molecular complexity index is 1150. The molecule has 1 aromatic heterocycles. The minimum Gasteiger partial charge on any atom is -0.267 e. The third-order valence-electron chi connectivity index (χ3n) is 5.06. The molecule has 2 aromatic carbocycles. The van der Waals surface area contributed by atoms with Crippen LogP contribution in [0, 0.1) is 13.8 Å². The first kappa shape index (κ1) is 20.5. The third-order valence-corrected chi connectivity index (χ3v) is 5.06. The summed E-state index contributed by atoms with van der Waals surface area (Å²) in [6, 6.07) is 13.1. The molecular formula is C23H26N4O2. The zero-order chi connectivity index (χ0) is 21.0. The molecule has 0 bridgehead atoms. The van der Waals surface area contributed by atoms with Gasteiger partial charge in [0, 0.05) is 11.9 Å². The van der Waals surface area contributed by atoms with Crippen molar-refractivity contribution in [3.8, 4) is 0 Å². The molecule has 6 nitrogen and oxygen atoms in total. The van der Waals surface area contributed by atoms with Gasteiger partial charge in [-0.3, -0.25) is 9.59 Å². The van der Waals surface area contributed by atoms with Crippen LogP contribution in [0.3, 0.4) is 0 Å². The van der Waals surface area contributed by atoms with Gasteiger partial charge in [-0.15, -0.1) is 0 Å². The molecule has 0 aliphatic heterocycles. The molecule has 0 atom stereocenters. The fourth-order valence-electron chi connectivity index (χ4n) is 3.08. The molecule has 0 aliphatic carbocycles. The average Bonchev–Trinajstić information content (AvgIpc) is 2.73. The maximum absolute atomic E-state index is 12.9. The van der Waals surface area contributed by atoms with Gasteiger partial charge in [-0.05, 0) is 56.0 Å². The zero-order valence-corrected chi connectivity index (χ0v) is 17.3. The van der Waals surface area contributed by atoms with Crippen molar-refractivity contribution in [3.63, 3.8) is 0 Å². The van der Waals surface area contributed by atoms with Crippen LogP contribution in [-0.4, -0.2) is 21.4 Å². The van der Waals surface area contributed by atoms with E-state index in [1.807, 2.05) is 39.0 Å². The number of benzene rings is 2. The standard InChI is InChI=1S/C23H26N4O2/c1-5-6-13-27-23(29)20-10-8-7-9-19(20)21(26-27)22(28)25-24-17(4)18-12-11-15(2)16(3)14-18/h7-12,14H,5-6,13H2,1-4H3,(H,25,28)/b24-17-. The molecule has 1 heterocycles. The maximum atomic E-state index is 12.9. The summed E-state index contributed by atoms with van der Waals surface area (Å²) in [7, 11) is 0. The summed E-state index contributed by atoms with van der Waals surface area (Å²) in [6.07, 6.45) is 1.75. The molecule has 0 unspecified atom stereocenters. The summed E-state index contributed by atoms with van der Waals surface area (Å²) in [5.41, 5.74) is 6.63. The molecule has 0 saturated carbocycles. The van der Waals surface area contributed by atoms with Crippen molar-refractivity contribution >= 4 is 22.4 Å². The number of hydrogen-bond acceptors (Lipinski definition) is 4. The van der Waals surface area contributed by atoms with Crippen molar-refractivity contribution in [2.45, 2.75) is 47.1 Å². The summed E-state index contributed by atoms with van der Waals surface area (Å²) >= 11 is 0. The van der Waals surface area contributed by atoms with Crippen LogP contribution in [0.2, 0.25) is 0 Å². The average molecular weight is 390 g/mol. The van der Waals surface area contributed by atoms with E-state index in [1.54, 1.807) is 24.3 Å². The van der Waals surface area contributed by atoms with E-state index in [0.29, 0.717) is 23.0 Å². The normalized spacial score (nSPS) is 11.7. The van der Waals surface area contributed by atoms with E-state index in [2.05, 4.69) is 22.5 Å². The van der Waals surface area contributed by atoms with Gasteiger partial charge >= 0.3 is 0 Å². The summed E-state index contributed by atoms with van der Waals surface area (Å²) in [5, 5.41) is 9.60. The fourth-order valence-corrected chi connectivity index (χ4v) is 3.08. The number of aryl methyl sites for hydroxylation is 3. The van der Waals surface area contributed by atoms with Crippen LogP contribution in [0.15, 0.2) is 52.4 Å². The van der Waals surface area contributed by atoms with Crippen LogP contribution >= 0.6 is 0 Å². The number of fused-ring (bicyclic) bond motifs is 1. The van der Waals surface area contributed by atoms with Crippen molar-refractivity contribution in [1.82, 2.24) is 15.2 Å². The predicted octanol–water partition coefficient (Wildman–Crippen LogP) is 3.97. The van der Waals surface area contributed by atoms with E-state index in [-0.39, 0.29) is 11.3 Å². The topological polar surface area (TPSA) is 76.3 Å². The van der Waals surface area contributed by atoms with Gasteiger partial charge in [0.1, 0.15) is 0 Å². The lowest BCUT2D eigenvalue weighted by molar-refractivity contribution is 0.0949. The second-order valence-electron chi connectivity index (χ2n) is 7.21. The Kier molecular flexibility index (Phi) is 6.22. The first-order valence-electron chi connectivity index (χ1n) is 9.84. The van der Waals surface area contributed by atoms with E-state index >= 15 is 0 Å². The van der Waals surface area contributed by atoms with Crippen molar-refractivity contribution in [1.29, 1.82) is 0 Å². The molecule has 6 heteroatoms. The van der Waals surface area contributed by atoms with Crippen molar-refractivity contribution in [2.75, 3.05) is 0 Å². The minimum atomic E-state index is -0.436. The molecule has 1 amide bonds. The Morgan fingerprint density at radius 2 is 1.83 bits per heavy atom. The molecule has 1 N–H and O–H groups in total. The number of hydrazone groups is 1. The van der Waals surface area contributed by atoms with Crippen molar-refractivity contribution in [2.24, 2.45) is 5.10 Å². The number of nitrogens with one attached hydrogen (secondary N) is 1. The van der Waals surface area contributed by atoms with Crippen LogP contribution in [0.5, 0.6) is 0 Å². The van der Waals surface area contributed by atoms with Gasteiger partial charge in [0.15, 0.2) is 5.69 Å². The van der Waals surface area contributed by atoms with Crippen LogP contribution in [0.25, 0.3) is 10.8 Å². The molecule has 29 heavy (non-hydrogen) atoms. The highest BCUT2D eigenvalue weighted by atomic mass is 16.2. The number of unbranched alkanes of at least 4 members (excludes halogenated alkanes) is 1. The fraction of sp³-hybridized carbons (Fsp3) is 0.304. The summed E-state index contributed by atoms with van der Waals surface area (Å²) in [6.45, 7) is 8.46. The molecule has 0 fully saturated rings. The number of hydrogen-bond donors (Lipinski definition) is 1. The molecule has 3 rings (SSSR count). The second-order valence-corrected chi connectivity index (χ2v) is 7.21. The van der Waals surface area contributed by atoms with E-state index in [9.17, 15) is 9.59 Å². The first-order chi connectivity index (χ1) is 13.9. The summed E-state index contributed by atoms with van der Waals surface area (Å²) in [5.74, 6) is -0.436. The van der Waals surface area contributed by atoms with Gasteiger partial charge in [-0.1, -0.05) is 43.7 Å². The highest BCUT2D eigenvalue weighted by Gasteiger charge is 2.16. The molecule has 0 spiro atoms. The highest BCUT2D eigenvalue weighted by Crippen LogP contribution is 2.14. The van der Waals surface area contributed by atoms with Gasteiger partial charge in [0.05, 0.1) is 11.1 Å². The Morgan fingerprint density at radius 3 is 2.52 bits per heavy atom. The largest absolute Gasteiger partial charge is 0.292 e. The Balaban J connectivity index is 1.94. The third kappa shape index (κ3) is 4.42. The minimum absolute atomic E-state index is 0.180. The monoisotopic (exact) mass is 390 g/mol. The lowest BCUT2D eigenvalue weighted by atomic mass is 10.0. The van der Waals surface area contributed by atoms with Crippen LogP contribution in [-0.2, 0) is 6.54 Å². The second kappa shape index (κ2) is 8.82. The predicted molar refractivity (Wildman–Crippen MR) is 117 cm³/mol. The van der Waals surface area contributed by atoms with Crippen LogP contribution < -0.4 is 11.0 Å². The number of amides is 1. The van der Waals surface area contributed by atoms with Crippen LogP contribution in [0.1, 0.15) is 53.9 Å². The Morgan fingerprint density at radius 1 is 1.10 bits per heavy atom. The SMILES string of the molecule is CCCCn1nc(C(=O)N/N=C(/C)c2ccc(C)c(C)c2)c2ccccc2c1=O. The van der Waals surface area contributed by atoms with Crippen molar-refractivity contribution in [3.05, 3.63) is 75.2 Å². The molecule has 0 radical (unpaired) electrons. The number of carbonyl (C=O) groups excluding carboxylic acids is 1. The smallest absolute Gasteiger partial charge is 0.267 e. The summed E-state index contributed by atoms with van der Waals surface area (Å²) in [4.78, 5) is 25.5. The Hall–Kier alpha value is -3.28. The first-order valence-corrected chi connectivity index (χ1v) is 9.84. The molecule has 3 aromatic rings. The van der Waals surface area contributed by atoms with Crippen molar-refractivity contribution < 1.29 is 4.79 Å². The molecule has 0 saturated heterocycles. The van der Waals surface area contributed by atoms with E-state index in [0.717, 1.165) is 18.4 Å². The lowest BCUT2D eigenvalue weighted by Gasteiger charge is -2.10.